The van der Waals surface area contributed by atoms with Crippen LogP contribution in [0.3, 0.4) is 0 Å². The molecule has 1 saturated heterocycles. The standard InChI is InChI=1S/C14H21N3O3S/c18-11-4-7-17(8-5-11)10-13(19)16-14(20)15-6-3-12-2-1-9-21-12/h1-2,9,11,18H,3-8,10H2,(H2,15,16,19,20). The quantitative estimate of drug-likeness (QED) is 0.743. The molecule has 0 radical (unpaired) electrons. The zero-order valence-corrected chi connectivity index (χ0v) is 12.7. The van der Waals surface area contributed by atoms with Gasteiger partial charge in [-0.05, 0) is 30.7 Å². The maximum Gasteiger partial charge on any atom is 0.321 e. The molecule has 0 aliphatic carbocycles. The second-order valence-electron chi connectivity index (χ2n) is 5.14. The van der Waals surface area contributed by atoms with Gasteiger partial charge in [-0.2, -0.15) is 0 Å². The second-order valence-corrected chi connectivity index (χ2v) is 6.17. The smallest absolute Gasteiger partial charge is 0.321 e. The van der Waals surface area contributed by atoms with E-state index in [1.54, 1.807) is 11.3 Å². The summed E-state index contributed by atoms with van der Waals surface area (Å²) in [4.78, 5) is 26.4. The van der Waals surface area contributed by atoms with Crippen molar-refractivity contribution in [1.29, 1.82) is 0 Å². The molecule has 1 aromatic heterocycles. The molecule has 2 rings (SSSR count). The van der Waals surface area contributed by atoms with Crippen molar-refractivity contribution in [2.75, 3.05) is 26.2 Å². The molecular weight excluding hydrogens is 290 g/mol. The molecule has 21 heavy (non-hydrogen) atoms. The Kier molecular flexibility index (Phi) is 6.16. The number of nitrogens with one attached hydrogen (secondary N) is 2. The third-order valence-corrected chi connectivity index (χ3v) is 4.35. The molecule has 116 valence electrons. The Morgan fingerprint density at radius 2 is 2.14 bits per heavy atom. The first-order valence-corrected chi connectivity index (χ1v) is 8.02. The number of urea groups is 1. The van der Waals surface area contributed by atoms with E-state index in [0.29, 0.717) is 32.5 Å². The second kappa shape index (κ2) is 8.11. The number of amides is 3. The van der Waals surface area contributed by atoms with Gasteiger partial charge in [-0.1, -0.05) is 6.07 Å². The number of aliphatic hydroxyl groups excluding tert-OH is 1. The van der Waals surface area contributed by atoms with Crippen molar-refractivity contribution in [2.45, 2.75) is 25.4 Å². The molecule has 1 fully saturated rings. The van der Waals surface area contributed by atoms with Crippen molar-refractivity contribution >= 4 is 23.3 Å². The highest BCUT2D eigenvalue weighted by Gasteiger charge is 2.19. The minimum Gasteiger partial charge on any atom is -0.393 e. The van der Waals surface area contributed by atoms with E-state index in [2.05, 4.69) is 10.6 Å². The van der Waals surface area contributed by atoms with Gasteiger partial charge in [0.05, 0.1) is 12.6 Å². The number of thiophene rings is 1. The van der Waals surface area contributed by atoms with Gasteiger partial charge >= 0.3 is 6.03 Å². The molecule has 3 N–H and O–H groups in total. The minimum atomic E-state index is -0.450. The minimum absolute atomic E-state index is 0.199. The summed E-state index contributed by atoms with van der Waals surface area (Å²) in [5.41, 5.74) is 0. The molecule has 0 unspecified atom stereocenters. The number of imide groups is 1. The highest BCUT2D eigenvalue weighted by molar-refractivity contribution is 7.09. The predicted octanol–water partition coefficient (Wildman–Crippen LogP) is 0.573. The summed E-state index contributed by atoms with van der Waals surface area (Å²) in [7, 11) is 0. The molecule has 1 aromatic rings. The van der Waals surface area contributed by atoms with Crippen molar-refractivity contribution in [3.8, 4) is 0 Å². The number of hydrogen-bond acceptors (Lipinski definition) is 5. The largest absolute Gasteiger partial charge is 0.393 e. The van der Waals surface area contributed by atoms with Crippen molar-refractivity contribution < 1.29 is 14.7 Å². The number of carbonyl (C=O) groups excluding carboxylic acids is 2. The van der Waals surface area contributed by atoms with Gasteiger partial charge in [0.1, 0.15) is 0 Å². The molecule has 0 spiro atoms. The van der Waals surface area contributed by atoms with Gasteiger partial charge in [0.2, 0.25) is 5.91 Å². The molecule has 0 atom stereocenters. The van der Waals surface area contributed by atoms with Crippen molar-refractivity contribution in [3.63, 3.8) is 0 Å². The lowest BCUT2D eigenvalue weighted by atomic mass is 10.1. The third kappa shape index (κ3) is 5.82. The van der Waals surface area contributed by atoms with Crippen LogP contribution in [0.4, 0.5) is 4.79 Å². The Bertz CT molecular complexity index is 456. The fourth-order valence-corrected chi connectivity index (χ4v) is 2.95. The number of hydrogen-bond donors (Lipinski definition) is 3. The van der Waals surface area contributed by atoms with Crippen molar-refractivity contribution in [2.24, 2.45) is 0 Å². The monoisotopic (exact) mass is 311 g/mol. The number of likely N-dealkylation sites (tertiary alicyclic amines) is 1. The van der Waals surface area contributed by atoms with Crippen LogP contribution in [0.5, 0.6) is 0 Å². The van der Waals surface area contributed by atoms with Gasteiger partial charge in [0, 0.05) is 24.5 Å². The molecular formula is C14H21N3O3S. The van der Waals surface area contributed by atoms with Gasteiger partial charge in [-0.3, -0.25) is 15.0 Å². The third-order valence-electron chi connectivity index (χ3n) is 3.41. The summed E-state index contributed by atoms with van der Waals surface area (Å²) < 4.78 is 0. The first-order valence-electron chi connectivity index (χ1n) is 7.14. The van der Waals surface area contributed by atoms with Crippen LogP contribution in [-0.2, 0) is 11.2 Å². The maximum atomic E-state index is 11.7. The summed E-state index contributed by atoms with van der Waals surface area (Å²) in [6, 6.07) is 3.54. The van der Waals surface area contributed by atoms with Gasteiger partial charge in [0.15, 0.2) is 0 Å². The Balaban J connectivity index is 1.59. The van der Waals surface area contributed by atoms with Crippen LogP contribution in [0.15, 0.2) is 17.5 Å². The average Bonchev–Trinajstić information content (AvgIpc) is 2.94. The summed E-state index contributed by atoms with van der Waals surface area (Å²) in [6.45, 7) is 2.09. The van der Waals surface area contributed by atoms with E-state index in [-0.39, 0.29) is 18.6 Å². The first kappa shape index (κ1) is 15.9. The number of piperidine rings is 1. The van der Waals surface area contributed by atoms with Crippen LogP contribution in [0.25, 0.3) is 0 Å². The average molecular weight is 311 g/mol. The Morgan fingerprint density at radius 3 is 2.81 bits per heavy atom. The van der Waals surface area contributed by atoms with Gasteiger partial charge < -0.3 is 10.4 Å². The van der Waals surface area contributed by atoms with E-state index in [9.17, 15) is 14.7 Å². The Labute approximate surface area is 128 Å². The highest BCUT2D eigenvalue weighted by Crippen LogP contribution is 2.09. The molecule has 3 amide bonds. The molecule has 1 aliphatic heterocycles. The lowest BCUT2D eigenvalue weighted by Gasteiger charge is -2.28. The van der Waals surface area contributed by atoms with E-state index >= 15 is 0 Å². The molecule has 0 bridgehead atoms. The lowest BCUT2D eigenvalue weighted by Crippen LogP contribution is -2.47. The van der Waals surface area contributed by atoms with Crippen molar-refractivity contribution in [1.82, 2.24) is 15.5 Å². The molecule has 0 aromatic carbocycles. The number of carbonyl (C=O) groups is 2. The Hall–Kier alpha value is -1.44. The first-order chi connectivity index (χ1) is 10.1. The van der Waals surface area contributed by atoms with E-state index in [4.69, 9.17) is 0 Å². The van der Waals surface area contributed by atoms with E-state index in [1.165, 1.54) is 4.88 Å². The number of aliphatic hydroxyl groups is 1. The maximum absolute atomic E-state index is 11.7. The molecule has 2 heterocycles. The molecule has 0 saturated carbocycles. The highest BCUT2D eigenvalue weighted by atomic mass is 32.1. The lowest BCUT2D eigenvalue weighted by molar-refractivity contribution is -0.121. The van der Waals surface area contributed by atoms with E-state index in [0.717, 1.165) is 6.42 Å². The number of rotatable bonds is 5. The molecule has 7 heteroatoms. The van der Waals surface area contributed by atoms with Crippen LogP contribution < -0.4 is 10.6 Å². The molecule has 1 aliphatic rings. The predicted molar refractivity (Wildman–Crippen MR) is 81.2 cm³/mol. The fourth-order valence-electron chi connectivity index (χ4n) is 2.24. The Morgan fingerprint density at radius 1 is 1.38 bits per heavy atom. The van der Waals surface area contributed by atoms with Gasteiger partial charge in [-0.15, -0.1) is 11.3 Å². The zero-order chi connectivity index (χ0) is 15.1. The summed E-state index contributed by atoms with van der Waals surface area (Å²) in [5, 5.41) is 16.4. The van der Waals surface area contributed by atoms with Crippen LogP contribution in [0.1, 0.15) is 17.7 Å². The van der Waals surface area contributed by atoms with Crippen molar-refractivity contribution in [3.05, 3.63) is 22.4 Å². The van der Waals surface area contributed by atoms with Gasteiger partial charge in [-0.25, -0.2) is 4.79 Å². The topological polar surface area (TPSA) is 81.7 Å². The summed E-state index contributed by atoms with van der Waals surface area (Å²) >= 11 is 1.65. The van der Waals surface area contributed by atoms with Crippen LogP contribution in [0, 0.1) is 0 Å². The SMILES string of the molecule is O=C(CN1CCC(O)CC1)NC(=O)NCCc1cccs1. The zero-order valence-electron chi connectivity index (χ0n) is 11.9. The van der Waals surface area contributed by atoms with Crippen LogP contribution >= 0.6 is 11.3 Å². The summed E-state index contributed by atoms with van der Waals surface area (Å²) in [5.74, 6) is -0.306. The van der Waals surface area contributed by atoms with Gasteiger partial charge in [0.25, 0.3) is 0 Å². The normalized spacial score (nSPS) is 16.6. The summed E-state index contributed by atoms with van der Waals surface area (Å²) in [6.07, 6.45) is 1.87. The van der Waals surface area contributed by atoms with E-state index in [1.807, 2.05) is 22.4 Å². The molecule has 6 nitrogen and oxygen atoms in total. The van der Waals surface area contributed by atoms with E-state index < -0.39 is 6.03 Å². The number of nitrogens with zero attached hydrogens (tertiary/aromatic N) is 1. The van der Waals surface area contributed by atoms with Crippen LogP contribution in [0.2, 0.25) is 0 Å². The fraction of sp³-hybridized carbons (Fsp3) is 0.571. The van der Waals surface area contributed by atoms with Crippen LogP contribution in [-0.4, -0.2) is 54.2 Å².